The van der Waals surface area contributed by atoms with Gasteiger partial charge in [-0.05, 0) is 48.6 Å². The second-order valence-corrected chi connectivity index (χ2v) is 7.14. The zero-order chi connectivity index (χ0) is 18.1. The summed E-state index contributed by atoms with van der Waals surface area (Å²) in [5.74, 6) is 0.170. The number of rotatable bonds is 4. The molecule has 1 amide bonds. The third-order valence-corrected chi connectivity index (χ3v) is 5.30. The fraction of sp³-hybridized carbons (Fsp3) is 0.0526. The smallest absolute Gasteiger partial charge is 0.276 e. The fourth-order valence-electron chi connectivity index (χ4n) is 2.65. The molecule has 130 valence electrons. The number of thiocarbonyl (C=S) groups is 1. The molecule has 0 radical (unpaired) electrons. The van der Waals surface area contributed by atoms with Gasteiger partial charge in [0.2, 0.25) is 0 Å². The highest BCUT2D eigenvalue weighted by molar-refractivity contribution is 7.80. The van der Waals surface area contributed by atoms with Crippen LogP contribution in [0.25, 0.3) is 16.5 Å². The number of hydrogen-bond donors (Lipinski definition) is 1. The van der Waals surface area contributed by atoms with E-state index in [0.717, 1.165) is 9.75 Å². The molecule has 0 aliphatic carbocycles. The summed E-state index contributed by atoms with van der Waals surface area (Å²) >= 11 is 6.66. The molecule has 1 aromatic carbocycles. The lowest BCUT2D eigenvalue weighted by atomic mass is 10.2. The third-order valence-electron chi connectivity index (χ3n) is 3.91. The van der Waals surface area contributed by atoms with Crippen molar-refractivity contribution < 1.29 is 13.6 Å². The summed E-state index contributed by atoms with van der Waals surface area (Å²) in [6.07, 6.45) is 3.28. The van der Waals surface area contributed by atoms with Gasteiger partial charge in [0.05, 0.1) is 12.8 Å². The van der Waals surface area contributed by atoms with Crippen LogP contribution in [-0.2, 0) is 11.3 Å². The first-order chi connectivity index (χ1) is 12.6. The van der Waals surface area contributed by atoms with E-state index in [1.165, 1.54) is 22.3 Å². The molecule has 1 fully saturated rings. The van der Waals surface area contributed by atoms with E-state index in [-0.39, 0.29) is 18.3 Å². The number of carbonyl (C=O) groups is 1. The van der Waals surface area contributed by atoms with E-state index in [1.807, 2.05) is 12.1 Å². The maximum atomic E-state index is 13.9. The first kappa shape index (κ1) is 16.7. The lowest BCUT2D eigenvalue weighted by molar-refractivity contribution is -0.122. The van der Waals surface area contributed by atoms with Gasteiger partial charge in [0.25, 0.3) is 5.91 Å². The molecule has 26 heavy (non-hydrogen) atoms. The van der Waals surface area contributed by atoms with Crippen LogP contribution < -0.4 is 5.32 Å². The number of carbonyl (C=O) groups excluding carboxylic acids is 1. The molecule has 3 aromatic rings. The average Bonchev–Trinajstić information content (AvgIpc) is 3.35. The summed E-state index contributed by atoms with van der Waals surface area (Å²) in [5.41, 5.74) is 0.936. The van der Waals surface area contributed by atoms with E-state index in [2.05, 4.69) is 5.32 Å². The lowest BCUT2D eigenvalue weighted by Gasteiger charge is -2.11. The number of thiophene rings is 1. The molecule has 0 atom stereocenters. The maximum absolute atomic E-state index is 13.9. The van der Waals surface area contributed by atoms with Crippen molar-refractivity contribution in [1.29, 1.82) is 0 Å². The van der Waals surface area contributed by atoms with E-state index < -0.39 is 0 Å². The molecule has 4 nitrogen and oxygen atoms in total. The van der Waals surface area contributed by atoms with E-state index >= 15 is 0 Å². The first-order valence-corrected chi connectivity index (χ1v) is 9.06. The van der Waals surface area contributed by atoms with Crippen molar-refractivity contribution in [2.75, 3.05) is 0 Å². The molecule has 1 aliphatic rings. The Kier molecular flexibility index (Phi) is 4.40. The Morgan fingerprint density at radius 1 is 1.19 bits per heavy atom. The van der Waals surface area contributed by atoms with Crippen LogP contribution in [0.2, 0.25) is 0 Å². The Hall–Kier alpha value is -2.77. The maximum Gasteiger partial charge on any atom is 0.276 e. The predicted molar refractivity (Wildman–Crippen MR) is 103 cm³/mol. The van der Waals surface area contributed by atoms with Gasteiger partial charge in [-0.25, -0.2) is 4.39 Å². The third kappa shape index (κ3) is 3.18. The fourth-order valence-corrected chi connectivity index (χ4v) is 3.89. The number of nitrogens with zero attached hydrogens (tertiary/aromatic N) is 1. The molecule has 4 rings (SSSR count). The number of amides is 1. The van der Waals surface area contributed by atoms with Gasteiger partial charge in [-0.15, -0.1) is 11.3 Å². The Bertz CT molecular complexity index is 1010. The van der Waals surface area contributed by atoms with Crippen molar-refractivity contribution in [3.8, 4) is 10.4 Å². The Balaban J connectivity index is 1.56. The van der Waals surface area contributed by atoms with Gasteiger partial charge in [0.15, 0.2) is 5.11 Å². The molecule has 0 unspecified atom stereocenters. The van der Waals surface area contributed by atoms with Crippen LogP contribution in [-0.4, -0.2) is 15.9 Å². The largest absolute Gasteiger partial charge is 0.467 e. The number of hydrogen-bond acceptors (Lipinski definition) is 4. The molecule has 7 heteroatoms. The van der Waals surface area contributed by atoms with Gasteiger partial charge in [-0.3, -0.25) is 9.69 Å². The highest BCUT2D eigenvalue weighted by atomic mass is 32.1. The number of furan rings is 1. The quantitative estimate of drug-likeness (QED) is 0.535. The molecule has 1 aliphatic heterocycles. The first-order valence-electron chi connectivity index (χ1n) is 7.83. The minimum absolute atomic E-state index is 0.216. The van der Waals surface area contributed by atoms with Crippen LogP contribution in [0.3, 0.4) is 0 Å². The van der Waals surface area contributed by atoms with E-state index in [0.29, 0.717) is 22.1 Å². The van der Waals surface area contributed by atoms with Gasteiger partial charge >= 0.3 is 0 Å². The standard InChI is InChI=1S/C19H13FN2O2S2/c20-15-6-2-1-5-14(15)17-8-7-13(26-17)10-16-18(23)22(19(25)21-16)11-12-4-3-9-24-12/h1-10H,11H2,(H,21,25)/b16-10-. The summed E-state index contributed by atoms with van der Waals surface area (Å²) in [5, 5.41) is 3.27. The van der Waals surface area contributed by atoms with Crippen molar-refractivity contribution in [2.45, 2.75) is 6.54 Å². The van der Waals surface area contributed by atoms with Crippen LogP contribution in [0, 0.1) is 5.82 Å². The van der Waals surface area contributed by atoms with Crippen LogP contribution in [0.5, 0.6) is 0 Å². The summed E-state index contributed by atoms with van der Waals surface area (Å²) < 4.78 is 19.2. The van der Waals surface area contributed by atoms with Gasteiger partial charge in [0, 0.05) is 15.3 Å². The second-order valence-electron chi connectivity index (χ2n) is 5.64. The van der Waals surface area contributed by atoms with Crippen molar-refractivity contribution >= 4 is 40.7 Å². The molecule has 1 N–H and O–H groups in total. The normalized spacial score (nSPS) is 15.7. The van der Waals surface area contributed by atoms with E-state index in [4.69, 9.17) is 16.6 Å². The van der Waals surface area contributed by atoms with Gasteiger partial charge in [-0.1, -0.05) is 18.2 Å². The summed E-state index contributed by atoms with van der Waals surface area (Å²) in [4.78, 5) is 15.7. The summed E-state index contributed by atoms with van der Waals surface area (Å²) in [6.45, 7) is 0.278. The molecular formula is C19H13FN2O2S2. The molecule has 0 bridgehead atoms. The molecule has 1 saturated heterocycles. The monoisotopic (exact) mass is 384 g/mol. The number of halogens is 1. The van der Waals surface area contributed by atoms with E-state index in [9.17, 15) is 9.18 Å². The Morgan fingerprint density at radius 2 is 2.04 bits per heavy atom. The van der Waals surface area contributed by atoms with Crippen LogP contribution in [0.4, 0.5) is 4.39 Å². The molecular weight excluding hydrogens is 371 g/mol. The van der Waals surface area contributed by atoms with Gasteiger partial charge < -0.3 is 9.73 Å². The van der Waals surface area contributed by atoms with Crippen LogP contribution in [0.1, 0.15) is 10.6 Å². The van der Waals surface area contributed by atoms with Crippen molar-refractivity contribution in [3.63, 3.8) is 0 Å². The van der Waals surface area contributed by atoms with Gasteiger partial charge in [0.1, 0.15) is 17.3 Å². The van der Waals surface area contributed by atoms with Crippen molar-refractivity contribution in [3.05, 3.63) is 76.9 Å². The van der Waals surface area contributed by atoms with Crippen molar-refractivity contribution in [2.24, 2.45) is 0 Å². The average molecular weight is 384 g/mol. The van der Waals surface area contributed by atoms with Crippen molar-refractivity contribution in [1.82, 2.24) is 10.2 Å². The molecule has 3 heterocycles. The predicted octanol–water partition coefficient (Wildman–Crippen LogP) is 4.41. The molecule has 0 spiro atoms. The van der Waals surface area contributed by atoms with Crippen LogP contribution >= 0.6 is 23.6 Å². The SMILES string of the molecule is O=C1/C(=C/c2ccc(-c3ccccc3F)s2)NC(=S)N1Cc1ccco1. The lowest BCUT2D eigenvalue weighted by Crippen LogP contribution is -2.29. The topological polar surface area (TPSA) is 45.5 Å². The zero-order valence-corrected chi connectivity index (χ0v) is 15.1. The molecule has 2 aromatic heterocycles. The number of nitrogens with one attached hydrogen (secondary N) is 1. The minimum atomic E-state index is -0.269. The summed E-state index contributed by atoms with van der Waals surface area (Å²) in [6, 6.07) is 13.9. The second kappa shape index (κ2) is 6.86. The Labute approximate surface area is 158 Å². The summed E-state index contributed by atoms with van der Waals surface area (Å²) in [7, 11) is 0. The number of benzene rings is 1. The minimum Gasteiger partial charge on any atom is -0.467 e. The van der Waals surface area contributed by atoms with Gasteiger partial charge in [-0.2, -0.15) is 0 Å². The highest BCUT2D eigenvalue weighted by Crippen LogP contribution is 2.31. The highest BCUT2D eigenvalue weighted by Gasteiger charge is 2.31. The van der Waals surface area contributed by atoms with Crippen LogP contribution in [0.15, 0.2) is 64.9 Å². The molecule has 0 saturated carbocycles. The van der Waals surface area contributed by atoms with E-state index in [1.54, 1.807) is 42.7 Å². The Morgan fingerprint density at radius 3 is 2.81 bits per heavy atom. The zero-order valence-electron chi connectivity index (χ0n) is 13.4.